The maximum absolute atomic E-state index is 11.6. The van der Waals surface area contributed by atoms with Crippen LogP contribution in [0.25, 0.3) is 0 Å². The second-order valence-corrected chi connectivity index (χ2v) is 5.62. The van der Waals surface area contributed by atoms with Gasteiger partial charge in [-0.1, -0.05) is 0 Å². The lowest BCUT2D eigenvalue weighted by molar-refractivity contribution is -0.122. The number of benzene rings is 2. The largest absolute Gasteiger partial charge is 0.508 e. The highest BCUT2D eigenvalue weighted by Gasteiger charge is 2.03. The predicted octanol–water partition coefficient (Wildman–Crippen LogP) is 1.87. The van der Waals surface area contributed by atoms with E-state index in [0.717, 1.165) is 11.1 Å². The summed E-state index contributed by atoms with van der Waals surface area (Å²) in [5.74, 6) is -0.292. The third-order valence-electron chi connectivity index (χ3n) is 3.40. The summed E-state index contributed by atoms with van der Waals surface area (Å²) >= 11 is 0. The smallest absolute Gasteiger partial charge is 0.240 e. The first-order valence-electron chi connectivity index (χ1n) is 8.25. The molecule has 0 aliphatic heterocycles. The average Bonchev–Trinajstić information content (AvgIpc) is 2.65. The minimum absolute atomic E-state index is 0.155. The summed E-state index contributed by atoms with van der Waals surface area (Å²) in [7, 11) is 0. The van der Waals surface area contributed by atoms with Crippen LogP contribution in [-0.2, 0) is 9.59 Å². The summed E-state index contributed by atoms with van der Waals surface area (Å²) < 4.78 is 0. The Morgan fingerprint density at radius 2 is 1.11 bits per heavy atom. The number of hydrazone groups is 2. The first-order valence-corrected chi connectivity index (χ1v) is 8.25. The molecule has 0 aromatic heterocycles. The van der Waals surface area contributed by atoms with Gasteiger partial charge in [0.25, 0.3) is 0 Å². The van der Waals surface area contributed by atoms with Crippen LogP contribution in [0.3, 0.4) is 0 Å². The summed E-state index contributed by atoms with van der Waals surface area (Å²) in [5.41, 5.74) is 6.22. The van der Waals surface area contributed by atoms with Gasteiger partial charge in [-0.25, -0.2) is 10.9 Å². The van der Waals surface area contributed by atoms with Gasteiger partial charge in [0, 0.05) is 12.8 Å². The lowest BCUT2D eigenvalue weighted by Crippen LogP contribution is -2.20. The van der Waals surface area contributed by atoms with Crippen LogP contribution in [0.4, 0.5) is 0 Å². The number of aromatic hydroxyl groups is 2. The quantitative estimate of drug-likeness (QED) is 0.419. The molecule has 0 unspecified atom stereocenters. The number of nitrogens with zero attached hydrogens (tertiary/aromatic N) is 2. The van der Waals surface area contributed by atoms with Gasteiger partial charge in [-0.15, -0.1) is 0 Å². The molecule has 0 aliphatic rings. The summed E-state index contributed by atoms with van der Waals surface area (Å²) in [6.07, 6.45) is 3.59. The van der Waals surface area contributed by atoms with Gasteiger partial charge in [0.1, 0.15) is 11.5 Å². The Labute approximate surface area is 156 Å². The van der Waals surface area contributed by atoms with E-state index in [1.807, 2.05) is 0 Å². The van der Waals surface area contributed by atoms with Gasteiger partial charge in [0.2, 0.25) is 11.8 Å². The number of carbonyl (C=O) groups excluding carboxylic acids is 2. The summed E-state index contributed by atoms with van der Waals surface area (Å²) in [6, 6.07) is 12.7. The van der Waals surface area contributed by atoms with Crippen LogP contribution in [0.1, 0.15) is 30.4 Å². The maximum atomic E-state index is 11.6. The highest BCUT2D eigenvalue weighted by Crippen LogP contribution is 2.08. The molecule has 2 rings (SSSR count). The standard InChI is InChI=1S/C19H20N4O4/c24-16-8-4-14(5-9-16)12-20-22-18(26)2-1-3-19(27)23-21-13-15-6-10-17(25)11-7-15/h4-13,24-25H,1-3H2,(H,22,26)(H,23,27)/b20-12-,21-13-. The Morgan fingerprint density at radius 1 is 0.741 bits per heavy atom. The molecule has 0 radical (unpaired) electrons. The Bertz CT molecular complexity index is 745. The van der Waals surface area contributed by atoms with E-state index in [1.165, 1.54) is 36.7 Å². The third kappa shape index (κ3) is 7.82. The van der Waals surface area contributed by atoms with Crippen molar-refractivity contribution in [2.45, 2.75) is 19.3 Å². The lowest BCUT2D eigenvalue weighted by atomic mass is 10.2. The average molecular weight is 368 g/mol. The van der Waals surface area contributed by atoms with E-state index in [9.17, 15) is 9.59 Å². The van der Waals surface area contributed by atoms with Crippen molar-refractivity contribution < 1.29 is 19.8 Å². The Morgan fingerprint density at radius 3 is 1.48 bits per heavy atom. The maximum Gasteiger partial charge on any atom is 0.240 e. The number of hydrogen-bond acceptors (Lipinski definition) is 6. The predicted molar refractivity (Wildman–Crippen MR) is 102 cm³/mol. The number of phenolic OH excluding ortho intramolecular Hbond substituents is 2. The van der Waals surface area contributed by atoms with Gasteiger partial charge in [0.05, 0.1) is 12.4 Å². The summed E-state index contributed by atoms with van der Waals surface area (Å²) in [6.45, 7) is 0. The molecule has 2 aromatic rings. The van der Waals surface area contributed by atoms with Crippen LogP contribution in [0.2, 0.25) is 0 Å². The van der Waals surface area contributed by atoms with Crippen molar-refractivity contribution in [1.29, 1.82) is 0 Å². The number of nitrogens with one attached hydrogen (secondary N) is 2. The molecule has 0 atom stereocenters. The molecular formula is C19H20N4O4. The number of carbonyl (C=O) groups is 2. The van der Waals surface area contributed by atoms with Crippen molar-refractivity contribution in [3.05, 3.63) is 59.7 Å². The minimum atomic E-state index is -0.301. The third-order valence-corrected chi connectivity index (χ3v) is 3.40. The van der Waals surface area contributed by atoms with Crippen LogP contribution in [-0.4, -0.2) is 34.5 Å². The Hall–Kier alpha value is -3.68. The van der Waals surface area contributed by atoms with Crippen LogP contribution in [0.5, 0.6) is 11.5 Å². The molecule has 2 amide bonds. The second kappa shape index (κ2) is 10.3. The minimum Gasteiger partial charge on any atom is -0.508 e. The number of hydrogen-bond donors (Lipinski definition) is 4. The zero-order chi connectivity index (χ0) is 19.5. The molecular weight excluding hydrogens is 348 g/mol. The fourth-order valence-corrected chi connectivity index (χ4v) is 2.00. The van der Waals surface area contributed by atoms with Gasteiger partial charge in [-0.2, -0.15) is 10.2 Å². The molecule has 0 saturated carbocycles. The van der Waals surface area contributed by atoms with Gasteiger partial charge >= 0.3 is 0 Å². The molecule has 0 heterocycles. The molecule has 0 bridgehead atoms. The van der Waals surface area contributed by atoms with Crippen LogP contribution in [0, 0.1) is 0 Å². The highest BCUT2D eigenvalue weighted by atomic mass is 16.3. The lowest BCUT2D eigenvalue weighted by Gasteiger charge is -2.01. The van der Waals surface area contributed by atoms with E-state index in [2.05, 4.69) is 21.1 Å². The Kier molecular flexibility index (Phi) is 7.52. The van der Waals surface area contributed by atoms with Crippen LogP contribution >= 0.6 is 0 Å². The fourth-order valence-electron chi connectivity index (χ4n) is 2.00. The molecule has 140 valence electrons. The summed E-state index contributed by atoms with van der Waals surface area (Å²) in [4.78, 5) is 23.3. The topological polar surface area (TPSA) is 123 Å². The monoisotopic (exact) mass is 368 g/mol. The van der Waals surface area contributed by atoms with Gasteiger partial charge in [0.15, 0.2) is 0 Å². The van der Waals surface area contributed by atoms with E-state index < -0.39 is 0 Å². The normalized spacial score (nSPS) is 11.0. The van der Waals surface area contributed by atoms with Crippen molar-refractivity contribution in [3.8, 4) is 11.5 Å². The van der Waals surface area contributed by atoms with E-state index >= 15 is 0 Å². The molecule has 8 nitrogen and oxygen atoms in total. The molecule has 0 spiro atoms. The molecule has 0 saturated heterocycles. The second-order valence-electron chi connectivity index (χ2n) is 5.62. The first-order chi connectivity index (χ1) is 13.0. The molecule has 8 heteroatoms. The number of amides is 2. The van der Waals surface area contributed by atoms with Crippen molar-refractivity contribution in [1.82, 2.24) is 10.9 Å². The molecule has 0 fully saturated rings. The van der Waals surface area contributed by atoms with Crippen LogP contribution < -0.4 is 10.9 Å². The molecule has 2 aromatic carbocycles. The van der Waals surface area contributed by atoms with Crippen molar-refractivity contribution in [2.75, 3.05) is 0 Å². The van der Waals surface area contributed by atoms with Crippen LogP contribution in [0.15, 0.2) is 58.7 Å². The molecule has 27 heavy (non-hydrogen) atoms. The van der Waals surface area contributed by atoms with E-state index in [-0.39, 0.29) is 36.2 Å². The summed E-state index contributed by atoms with van der Waals surface area (Å²) in [5, 5.41) is 26.0. The zero-order valence-electron chi connectivity index (χ0n) is 14.5. The number of rotatable bonds is 8. The highest BCUT2D eigenvalue weighted by molar-refractivity contribution is 5.84. The first kappa shape index (κ1) is 19.6. The fraction of sp³-hybridized carbons (Fsp3) is 0.158. The van der Waals surface area contributed by atoms with Gasteiger partial charge in [-0.05, 0) is 66.1 Å². The van der Waals surface area contributed by atoms with E-state index in [4.69, 9.17) is 10.2 Å². The zero-order valence-corrected chi connectivity index (χ0v) is 14.5. The number of phenols is 2. The van der Waals surface area contributed by atoms with Gasteiger partial charge in [-0.3, -0.25) is 9.59 Å². The SMILES string of the molecule is O=C(CCCC(=O)N/N=C\c1ccc(O)cc1)N/N=C\c1ccc(O)cc1. The molecule has 4 N–H and O–H groups in total. The van der Waals surface area contributed by atoms with E-state index in [1.54, 1.807) is 24.3 Å². The van der Waals surface area contributed by atoms with E-state index in [0.29, 0.717) is 6.42 Å². The molecule has 0 aliphatic carbocycles. The van der Waals surface area contributed by atoms with Gasteiger partial charge < -0.3 is 10.2 Å². The van der Waals surface area contributed by atoms with Crippen molar-refractivity contribution >= 4 is 24.2 Å². The van der Waals surface area contributed by atoms with Crippen molar-refractivity contribution in [2.24, 2.45) is 10.2 Å². The van der Waals surface area contributed by atoms with Crippen molar-refractivity contribution in [3.63, 3.8) is 0 Å². The Balaban J connectivity index is 1.61.